The fourth-order valence-electron chi connectivity index (χ4n) is 2.50. The maximum atomic E-state index is 12.0. The van der Waals surface area contributed by atoms with Crippen molar-refractivity contribution in [3.8, 4) is 6.07 Å². The smallest absolute Gasteiger partial charge is 0.328 e. The second kappa shape index (κ2) is 5.36. The average molecular weight is 323 g/mol. The van der Waals surface area contributed by atoms with Crippen LogP contribution in [-0.2, 0) is 14.4 Å². The number of aromatic amines is 1. The van der Waals surface area contributed by atoms with Crippen LogP contribution in [0, 0.1) is 11.3 Å². The maximum Gasteiger partial charge on any atom is 0.328 e. The van der Waals surface area contributed by atoms with E-state index >= 15 is 0 Å². The molecule has 1 fully saturated rings. The summed E-state index contributed by atoms with van der Waals surface area (Å²) >= 11 is 0. The molecular formula is C15H9N5O4. The molecule has 2 aromatic rings. The minimum absolute atomic E-state index is 0.0806. The van der Waals surface area contributed by atoms with Crippen molar-refractivity contribution in [3.63, 3.8) is 0 Å². The van der Waals surface area contributed by atoms with Crippen LogP contribution in [0.2, 0.25) is 0 Å². The molecular weight excluding hydrogens is 314 g/mol. The number of hydrogen-bond donors (Lipinski definition) is 4. The summed E-state index contributed by atoms with van der Waals surface area (Å²) in [5.41, 5.74) is 4.53. The largest absolute Gasteiger partial charge is 0.365 e. The third-order valence-corrected chi connectivity index (χ3v) is 3.48. The van der Waals surface area contributed by atoms with Gasteiger partial charge >= 0.3 is 6.03 Å². The molecule has 0 unspecified atom stereocenters. The molecule has 1 saturated heterocycles. The number of primary amides is 1. The van der Waals surface area contributed by atoms with E-state index in [4.69, 9.17) is 11.0 Å². The molecule has 2 heterocycles. The number of rotatable bonds is 1. The summed E-state index contributed by atoms with van der Waals surface area (Å²) in [6, 6.07) is 7.30. The molecule has 9 heteroatoms. The monoisotopic (exact) mass is 323 g/mol. The minimum atomic E-state index is -0.950. The summed E-state index contributed by atoms with van der Waals surface area (Å²) in [5.74, 6) is -2.73. The molecule has 5 N–H and O–H groups in total. The zero-order valence-electron chi connectivity index (χ0n) is 12.0. The molecule has 1 aliphatic rings. The van der Waals surface area contributed by atoms with Crippen molar-refractivity contribution in [2.24, 2.45) is 5.73 Å². The normalized spacial score (nSPS) is 15.6. The average Bonchev–Trinajstić information content (AvgIpc) is 2.86. The second-order valence-corrected chi connectivity index (χ2v) is 4.88. The van der Waals surface area contributed by atoms with Crippen molar-refractivity contribution >= 4 is 45.7 Å². The Morgan fingerprint density at radius 3 is 2.17 bits per heavy atom. The molecule has 0 saturated carbocycles. The number of nitrogens with two attached hydrogens (primary N) is 1. The molecule has 0 atom stereocenters. The summed E-state index contributed by atoms with van der Waals surface area (Å²) in [6.07, 6.45) is 0. The van der Waals surface area contributed by atoms with Gasteiger partial charge < -0.3 is 10.7 Å². The number of nitrogens with zero attached hydrogens (tertiary/aromatic N) is 1. The van der Waals surface area contributed by atoms with Crippen LogP contribution in [0.15, 0.2) is 24.3 Å². The number of nitriles is 1. The highest BCUT2D eigenvalue weighted by Gasteiger charge is 2.29. The third-order valence-electron chi connectivity index (χ3n) is 3.48. The van der Waals surface area contributed by atoms with E-state index in [0.29, 0.717) is 10.8 Å². The summed E-state index contributed by atoms with van der Waals surface area (Å²) in [4.78, 5) is 49.4. The third kappa shape index (κ3) is 2.19. The summed E-state index contributed by atoms with van der Waals surface area (Å²) in [6.45, 7) is 0. The molecule has 118 valence electrons. The standard InChI is InChI=1S/C15H9N5O4/c16-5-8(12(17)21)10-6-3-1-2-4-7(6)11(18-10)9-13(22)19-15(24)20-14(9)23/h1-4,18H,(H2,17,21)(H2,19,20,22,23,24)/b10-8-. The number of barbiturate groups is 1. The Morgan fingerprint density at radius 1 is 1.04 bits per heavy atom. The fraction of sp³-hybridized carbons (Fsp3) is 0. The first kappa shape index (κ1) is 15.0. The van der Waals surface area contributed by atoms with Gasteiger partial charge in [-0.25, -0.2) is 4.79 Å². The van der Waals surface area contributed by atoms with Gasteiger partial charge in [-0.15, -0.1) is 0 Å². The molecule has 5 amide bonds. The van der Waals surface area contributed by atoms with E-state index in [9.17, 15) is 19.2 Å². The van der Waals surface area contributed by atoms with Crippen molar-refractivity contribution < 1.29 is 19.2 Å². The highest BCUT2D eigenvalue weighted by Crippen LogP contribution is 2.08. The Kier molecular flexibility index (Phi) is 3.35. The van der Waals surface area contributed by atoms with Gasteiger partial charge in [-0.05, 0) is 0 Å². The van der Waals surface area contributed by atoms with E-state index in [0.717, 1.165) is 0 Å². The van der Waals surface area contributed by atoms with E-state index in [1.54, 1.807) is 30.3 Å². The molecule has 9 nitrogen and oxygen atoms in total. The van der Waals surface area contributed by atoms with Gasteiger partial charge in [-0.3, -0.25) is 25.0 Å². The van der Waals surface area contributed by atoms with Crippen LogP contribution in [0.4, 0.5) is 4.79 Å². The van der Waals surface area contributed by atoms with Crippen LogP contribution in [0.25, 0.3) is 21.9 Å². The highest BCUT2D eigenvalue weighted by atomic mass is 16.2. The summed E-state index contributed by atoms with van der Waals surface area (Å²) < 4.78 is 0. The first-order valence-corrected chi connectivity index (χ1v) is 6.66. The van der Waals surface area contributed by atoms with Crippen LogP contribution in [-0.4, -0.2) is 28.7 Å². The Labute approximate surface area is 133 Å². The highest BCUT2D eigenvalue weighted by molar-refractivity contribution is 6.46. The van der Waals surface area contributed by atoms with Gasteiger partial charge in [0.15, 0.2) is 0 Å². The topological polar surface area (TPSA) is 158 Å². The molecule has 3 rings (SSSR count). The number of hydrogen-bond acceptors (Lipinski definition) is 5. The Morgan fingerprint density at radius 2 is 1.62 bits per heavy atom. The minimum Gasteiger partial charge on any atom is -0.365 e. The Hall–Kier alpha value is -3.93. The van der Waals surface area contributed by atoms with Gasteiger partial charge in [0, 0.05) is 10.8 Å². The molecule has 1 aliphatic heterocycles. The van der Waals surface area contributed by atoms with Gasteiger partial charge in [0.05, 0.1) is 10.7 Å². The quantitative estimate of drug-likeness (QED) is 0.470. The van der Waals surface area contributed by atoms with E-state index in [1.165, 1.54) is 0 Å². The van der Waals surface area contributed by atoms with Gasteiger partial charge in [-0.1, -0.05) is 24.3 Å². The number of nitrogens with one attached hydrogen (secondary N) is 3. The number of aromatic nitrogens is 1. The maximum absolute atomic E-state index is 12.0. The van der Waals surface area contributed by atoms with Crippen LogP contribution in [0.1, 0.15) is 0 Å². The Balaban J connectivity index is 2.54. The van der Waals surface area contributed by atoms with Crippen molar-refractivity contribution in [1.82, 2.24) is 15.6 Å². The number of fused-ring (bicyclic) bond motifs is 1. The van der Waals surface area contributed by atoms with Crippen molar-refractivity contribution in [2.75, 3.05) is 0 Å². The number of amides is 5. The zero-order chi connectivity index (χ0) is 17.4. The lowest BCUT2D eigenvalue weighted by atomic mass is 10.1. The number of benzene rings is 1. The SMILES string of the molecule is N#C/C(C(N)=O)=c1/[nH]c(=C2C(=O)NC(=O)NC2=O)c2ccccc12. The lowest BCUT2D eigenvalue weighted by molar-refractivity contribution is -0.121. The second-order valence-electron chi connectivity index (χ2n) is 4.88. The summed E-state index contributed by atoms with van der Waals surface area (Å²) in [7, 11) is 0. The van der Waals surface area contributed by atoms with Crippen LogP contribution in [0.3, 0.4) is 0 Å². The molecule has 0 aliphatic carbocycles. The predicted octanol–water partition coefficient (Wildman–Crippen LogP) is -2.16. The van der Waals surface area contributed by atoms with Gasteiger partial charge in [-0.2, -0.15) is 5.26 Å². The van der Waals surface area contributed by atoms with Gasteiger partial charge in [0.2, 0.25) is 0 Å². The fourth-order valence-corrected chi connectivity index (χ4v) is 2.50. The molecule has 1 aromatic carbocycles. The van der Waals surface area contributed by atoms with Crippen LogP contribution >= 0.6 is 0 Å². The predicted molar refractivity (Wildman–Crippen MR) is 80.9 cm³/mol. The van der Waals surface area contributed by atoms with Crippen molar-refractivity contribution in [3.05, 3.63) is 35.0 Å². The lowest BCUT2D eigenvalue weighted by Crippen LogP contribution is -2.52. The van der Waals surface area contributed by atoms with Crippen molar-refractivity contribution in [2.45, 2.75) is 0 Å². The number of imide groups is 2. The number of urea groups is 1. The van der Waals surface area contributed by atoms with E-state index in [-0.39, 0.29) is 21.8 Å². The Bertz CT molecular complexity index is 1080. The molecule has 0 radical (unpaired) electrons. The van der Waals surface area contributed by atoms with Crippen LogP contribution < -0.4 is 27.1 Å². The van der Waals surface area contributed by atoms with E-state index in [2.05, 4.69) is 4.98 Å². The number of carbonyl (C=O) groups is 4. The zero-order valence-corrected chi connectivity index (χ0v) is 12.0. The van der Waals surface area contributed by atoms with E-state index < -0.39 is 23.8 Å². The molecule has 0 bridgehead atoms. The lowest BCUT2D eigenvalue weighted by Gasteiger charge is -2.13. The number of carbonyl (C=O) groups excluding carboxylic acids is 4. The van der Waals surface area contributed by atoms with Crippen molar-refractivity contribution in [1.29, 1.82) is 5.26 Å². The van der Waals surface area contributed by atoms with Crippen LogP contribution in [0.5, 0.6) is 0 Å². The summed E-state index contributed by atoms with van der Waals surface area (Å²) in [5, 5.41) is 14.1. The first-order chi connectivity index (χ1) is 11.4. The number of H-pyrrole nitrogens is 1. The van der Waals surface area contributed by atoms with Gasteiger partial charge in [0.1, 0.15) is 17.2 Å². The van der Waals surface area contributed by atoms with E-state index in [1.807, 2.05) is 10.6 Å². The first-order valence-electron chi connectivity index (χ1n) is 6.66. The molecule has 0 spiro atoms. The molecule has 1 aromatic heterocycles. The molecule has 24 heavy (non-hydrogen) atoms. The van der Waals surface area contributed by atoms with Gasteiger partial charge in [0.25, 0.3) is 17.7 Å².